The Kier molecular flexibility index (Phi) is 0.660. The molecule has 60 valence electrons. The fourth-order valence-corrected chi connectivity index (χ4v) is 3.76. The lowest BCUT2D eigenvalue weighted by atomic mass is 9.73. The summed E-state index contributed by atoms with van der Waals surface area (Å²) in [5.74, 6) is 0.854. The average molecular weight is 156 g/mol. The van der Waals surface area contributed by atoms with Crippen molar-refractivity contribution < 1.29 is 0 Å². The molecule has 0 N–H and O–H groups in total. The highest BCUT2D eigenvalue weighted by Gasteiger charge is 2.51. The molecule has 0 nitrogen and oxygen atoms in total. The Morgan fingerprint density at radius 3 is 2.58 bits per heavy atom. The van der Waals surface area contributed by atoms with Crippen molar-refractivity contribution in [2.75, 3.05) is 0 Å². The Morgan fingerprint density at radius 1 is 1.08 bits per heavy atom. The molecule has 0 aliphatic heterocycles. The molecule has 2 aliphatic rings. The van der Waals surface area contributed by atoms with Crippen molar-refractivity contribution in [2.45, 2.75) is 32.1 Å². The van der Waals surface area contributed by atoms with Gasteiger partial charge in [0.05, 0.1) is 0 Å². The zero-order chi connectivity index (χ0) is 7.92. The van der Waals surface area contributed by atoms with Crippen molar-refractivity contribution in [1.82, 2.24) is 0 Å². The van der Waals surface area contributed by atoms with E-state index in [1.165, 1.54) is 19.3 Å². The van der Waals surface area contributed by atoms with E-state index in [1.807, 2.05) is 0 Å². The van der Waals surface area contributed by atoms with Crippen molar-refractivity contribution >= 4 is 0 Å². The molecule has 0 saturated carbocycles. The normalized spacial score (nSPS) is 38.6. The molecule has 1 aromatic carbocycles. The molecule has 0 radical (unpaired) electrons. The SMILES string of the molecule is CC1c2cc3c4cc2CC1(C4)C3. The topological polar surface area (TPSA) is 0 Å². The molecule has 0 fully saturated rings. The van der Waals surface area contributed by atoms with Crippen LogP contribution in [0, 0.1) is 5.41 Å². The van der Waals surface area contributed by atoms with E-state index in [1.54, 1.807) is 22.3 Å². The minimum atomic E-state index is 0.679. The largest absolute Gasteiger partial charge is 0.0578 e. The van der Waals surface area contributed by atoms with Crippen molar-refractivity contribution in [3.63, 3.8) is 0 Å². The molecule has 1 aromatic rings. The first kappa shape index (κ1) is 5.80. The first-order valence-corrected chi connectivity index (χ1v) is 4.93. The highest BCUT2D eigenvalue weighted by atomic mass is 14.6. The second-order valence-electron chi connectivity index (χ2n) is 4.93. The Morgan fingerprint density at radius 2 is 1.75 bits per heavy atom. The molecule has 0 saturated heterocycles. The van der Waals surface area contributed by atoms with Crippen molar-refractivity contribution in [3.05, 3.63) is 34.4 Å². The molecule has 1 spiro atoms. The lowest BCUT2D eigenvalue weighted by Crippen LogP contribution is -2.26. The van der Waals surface area contributed by atoms with Crippen molar-refractivity contribution in [1.29, 1.82) is 0 Å². The number of rotatable bonds is 0. The first-order valence-electron chi connectivity index (χ1n) is 4.93. The summed E-state index contributed by atoms with van der Waals surface area (Å²) < 4.78 is 0. The van der Waals surface area contributed by atoms with Crippen LogP contribution in [0.1, 0.15) is 35.1 Å². The maximum Gasteiger partial charge on any atom is -0.0110 e. The quantitative estimate of drug-likeness (QED) is 0.541. The van der Waals surface area contributed by atoms with E-state index in [0.717, 1.165) is 5.92 Å². The van der Waals surface area contributed by atoms with Crippen LogP contribution in [0.25, 0.3) is 0 Å². The molecule has 2 atom stereocenters. The zero-order valence-corrected chi connectivity index (χ0v) is 7.35. The Bertz CT molecular complexity index is 393. The monoisotopic (exact) mass is 156 g/mol. The average Bonchev–Trinajstić information content (AvgIpc) is 2.31. The molecule has 3 rings (SSSR count). The molecule has 2 aliphatic carbocycles. The van der Waals surface area contributed by atoms with Crippen LogP contribution in [0.2, 0.25) is 0 Å². The van der Waals surface area contributed by atoms with Crippen LogP contribution in [0.3, 0.4) is 0 Å². The Labute approximate surface area is 72.6 Å². The third kappa shape index (κ3) is 0.385. The summed E-state index contributed by atoms with van der Waals surface area (Å²) in [6.07, 6.45) is 4.15. The minimum absolute atomic E-state index is 0.679. The van der Waals surface area contributed by atoms with E-state index >= 15 is 0 Å². The fourth-order valence-electron chi connectivity index (χ4n) is 3.76. The summed E-state index contributed by atoms with van der Waals surface area (Å²) >= 11 is 0. The van der Waals surface area contributed by atoms with Gasteiger partial charge in [0.1, 0.15) is 0 Å². The van der Waals surface area contributed by atoms with Gasteiger partial charge in [-0.1, -0.05) is 19.1 Å². The fraction of sp³-hybridized carbons (Fsp3) is 0.500. The number of fused-ring (bicyclic) bond motifs is 2. The van der Waals surface area contributed by atoms with Crippen molar-refractivity contribution in [3.8, 4) is 0 Å². The third-order valence-electron chi connectivity index (χ3n) is 4.47. The van der Waals surface area contributed by atoms with Gasteiger partial charge < -0.3 is 0 Å². The maximum atomic E-state index is 2.48. The van der Waals surface area contributed by atoms with Gasteiger partial charge in [-0.05, 0) is 52.8 Å². The smallest absolute Gasteiger partial charge is 0.0110 e. The molecular formula is C12H12. The van der Waals surface area contributed by atoms with E-state index in [-0.39, 0.29) is 0 Å². The lowest BCUT2D eigenvalue weighted by molar-refractivity contribution is 0.266. The van der Waals surface area contributed by atoms with E-state index < -0.39 is 0 Å². The van der Waals surface area contributed by atoms with Gasteiger partial charge >= 0.3 is 0 Å². The molecule has 0 aromatic heterocycles. The lowest BCUT2D eigenvalue weighted by Gasteiger charge is -2.30. The van der Waals surface area contributed by atoms with Gasteiger partial charge in [0, 0.05) is 0 Å². The van der Waals surface area contributed by atoms with Gasteiger partial charge in [-0.15, -0.1) is 0 Å². The van der Waals surface area contributed by atoms with Crippen LogP contribution in [-0.2, 0) is 19.3 Å². The van der Waals surface area contributed by atoms with E-state index in [9.17, 15) is 0 Å². The maximum absolute atomic E-state index is 2.48. The summed E-state index contributed by atoms with van der Waals surface area (Å²) in [5, 5.41) is 0. The third-order valence-corrected chi connectivity index (χ3v) is 4.47. The molecule has 0 bridgehead atoms. The molecule has 0 amide bonds. The van der Waals surface area contributed by atoms with Gasteiger partial charge in [0.2, 0.25) is 0 Å². The van der Waals surface area contributed by atoms with Gasteiger partial charge in [0.25, 0.3) is 0 Å². The van der Waals surface area contributed by atoms with Crippen LogP contribution in [0.15, 0.2) is 12.1 Å². The second-order valence-corrected chi connectivity index (χ2v) is 4.93. The van der Waals surface area contributed by atoms with E-state index in [4.69, 9.17) is 0 Å². The highest BCUT2D eigenvalue weighted by Crippen LogP contribution is 2.60. The van der Waals surface area contributed by atoms with Crippen molar-refractivity contribution in [2.24, 2.45) is 5.41 Å². The molecule has 0 heterocycles. The summed E-state index contributed by atoms with van der Waals surface area (Å²) in [7, 11) is 0. The molecule has 2 unspecified atom stereocenters. The van der Waals surface area contributed by atoms with Gasteiger partial charge in [-0.3, -0.25) is 0 Å². The van der Waals surface area contributed by atoms with Crippen LogP contribution in [-0.4, -0.2) is 0 Å². The van der Waals surface area contributed by atoms with Gasteiger partial charge in [0.15, 0.2) is 0 Å². The van der Waals surface area contributed by atoms with Gasteiger partial charge in [-0.2, -0.15) is 0 Å². The van der Waals surface area contributed by atoms with Crippen LogP contribution >= 0.6 is 0 Å². The number of hydrogen-bond donors (Lipinski definition) is 0. The van der Waals surface area contributed by atoms with Crippen LogP contribution in [0.5, 0.6) is 0 Å². The van der Waals surface area contributed by atoms with Crippen LogP contribution in [0.4, 0.5) is 0 Å². The number of hydrogen-bond acceptors (Lipinski definition) is 0. The van der Waals surface area contributed by atoms with Gasteiger partial charge in [-0.25, -0.2) is 0 Å². The highest BCUT2D eigenvalue weighted by molar-refractivity contribution is 5.55. The molecule has 0 heteroatoms. The van der Waals surface area contributed by atoms with E-state index in [0.29, 0.717) is 5.41 Å². The first-order chi connectivity index (χ1) is 5.78. The number of benzene rings is 1. The predicted octanol–water partition coefficient (Wildman–Crippen LogP) is 2.44. The summed E-state index contributed by atoms with van der Waals surface area (Å²) in [6, 6.07) is 4.95. The second kappa shape index (κ2) is 1.37. The molecule has 12 heavy (non-hydrogen) atoms. The Balaban J connectivity index is 2.24. The zero-order valence-electron chi connectivity index (χ0n) is 7.35. The summed E-state index contributed by atoms with van der Waals surface area (Å²) in [4.78, 5) is 0. The minimum Gasteiger partial charge on any atom is -0.0578 e. The summed E-state index contributed by atoms with van der Waals surface area (Å²) in [5.41, 5.74) is 7.37. The van der Waals surface area contributed by atoms with Crippen LogP contribution < -0.4 is 0 Å². The Hall–Kier alpha value is -0.780. The van der Waals surface area contributed by atoms with E-state index in [2.05, 4.69) is 19.1 Å². The molecular weight excluding hydrogens is 144 g/mol. The summed E-state index contributed by atoms with van der Waals surface area (Å²) in [6.45, 7) is 2.43. The predicted molar refractivity (Wildman–Crippen MR) is 48.4 cm³/mol. The standard InChI is InChI=1S/C12H12/c1-7-11-3-9-5-12(7)4-8(9)2-10(11)6-12/h2-3,7H,4-6H2,1H3.